The minimum atomic E-state index is -0.222. The first-order chi connectivity index (χ1) is 9.43. The van der Waals surface area contributed by atoms with Crippen LogP contribution in [0.4, 0.5) is 5.82 Å². The molecular formula is C15H24ClN3O. The van der Waals surface area contributed by atoms with Gasteiger partial charge in [0.15, 0.2) is 5.82 Å². The highest BCUT2D eigenvalue weighted by Crippen LogP contribution is 2.22. The highest BCUT2D eigenvalue weighted by molar-refractivity contribution is 6.17. The van der Waals surface area contributed by atoms with Gasteiger partial charge in [0.1, 0.15) is 0 Å². The highest BCUT2D eigenvalue weighted by atomic mass is 35.5. The smallest absolute Gasteiger partial charge is 0.293 e. The molecule has 1 unspecified atom stereocenters. The van der Waals surface area contributed by atoms with Crippen molar-refractivity contribution in [3.63, 3.8) is 0 Å². The van der Waals surface area contributed by atoms with Gasteiger partial charge in [0.2, 0.25) is 0 Å². The van der Waals surface area contributed by atoms with E-state index in [1.807, 2.05) is 20.8 Å². The van der Waals surface area contributed by atoms with Gasteiger partial charge in [-0.25, -0.2) is 4.98 Å². The van der Waals surface area contributed by atoms with E-state index in [0.717, 1.165) is 25.9 Å². The normalized spacial score (nSPS) is 20.2. The number of nitrogens with zero attached hydrogens (tertiary/aromatic N) is 3. The van der Waals surface area contributed by atoms with Gasteiger partial charge in [0.05, 0.1) is 0 Å². The first-order valence-electron chi connectivity index (χ1n) is 7.32. The van der Waals surface area contributed by atoms with Crippen LogP contribution in [-0.4, -0.2) is 28.5 Å². The maximum absolute atomic E-state index is 12.6. The first kappa shape index (κ1) is 15.4. The SMILES string of the molecule is CC(C)(C)n1ccnc(N2CCCC(CCCl)C2)c1=O. The van der Waals surface area contributed by atoms with E-state index in [9.17, 15) is 4.79 Å². The molecule has 2 rings (SSSR count). The summed E-state index contributed by atoms with van der Waals surface area (Å²) in [7, 11) is 0. The van der Waals surface area contributed by atoms with Gasteiger partial charge in [-0.2, -0.15) is 0 Å². The summed E-state index contributed by atoms with van der Waals surface area (Å²) in [6.07, 6.45) is 6.81. The average Bonchev–Trinajstić information content (AvgIpc) is 2.38. The lowest BCUT2D eigenvalue weighted by molar-refractivity contribution is 0.376. The topological polar surface area (TPSA) is 38.1 Å². The van der Waals surface area contributed by atoms with Crippen LogP contribution < -0.4 is 10.5 Å². The first-order valence-corrected chi connectivity index (χ1v) is 7.86. The maximum Gasteiger partial charge on any atom is 0.293 e. The molecule has 0 N–H and O–H groups in total. The van der Waals surface area contributed by atoms with Crippen molar-refractivity contribution in [1.82, 2.24) is 9.55 Å². The van der Waals surface area contributed by atoms with Crippen LogP contribution in [0.3, 0.4) is 0 Å². The Bertz CT molecular complexity index is 505. The summed E-state index contributed by atoms with van der Waals surface area (Å²) in [4.78, 5) is 19.1. The number of hydrogen-bond donors (Lipinski definition) is 0. The van der Waals surface area contributed by atoms with Crippen molar-refractivity contribution >= 4 is 17.4 Å². The van der Waals surface area contributed by atoms with Gasteiger partial charge >= 0.3 is 0 Å². The Morgan fingerprint density at radius 1 is 1.45 bits per heavy atom. The molecule has 112 valence electrons. The van der Waals surface area contributed by atoms with Gasteiger partial charge in [-0.15, -0.1) is 11.6 Å². The summed E-state index contributed by atoms with van der Waals surface area (Å²) >= 11 is 5.84. The molecule has 0 aromatic carbocycles. The third kappa shape index (κ3) is 3.35. The molecule has 0 bridgehead atoms. The third-order valence-electron chi connectivity index (χ3n) is 3.88. The quantitative estimate of drug-likeness (QED) is 0.805. The third-order valence-corrected chi connectivity index (χ3v) is 4.10. The van der Waals surface area contributed by atoms with E-state index in [1.165, 1.54) is 6.42 Å². The lowest BCUT2D eigenvalue weighted by Crippen LogP contribution is -2.43. The van der Waals surface area contributed by atoms with Gasteiger partial charge in [-0.3, -0.25) is 4.79 Å². The Labute approximate surface area is 125 Å². The van der Waals surface area contributed by atoms with Gasteiger partial charge in [0.25, 0.3) is 5.56 Å². The zero-order valence-electron chi connectivity index (χ0n) is 12.6. The molecule has 0 spiro atoms. The fourth-order valence-electron chi connectivity index (χ4n) is 2.79. The van der Waals surface area contributed by atoms with Crippen molar-refractivity contribution in [3.8, 4) is 0 Å². The molecular weight excluding hydrogens is 274 g/mol. The van der Waals surface area contributed by atoms with Crippen molar-refractivity contribution in [2.45, 2.75) is 45.6 Å². The number of halogens is 1. The molecule has 1 aliphatic rings. The van der Waals surface area contributed by atoms with Gasteiger partial charge in [0, 0.05) is 36.9 Å². The summed E-state index contributed by atoms with van der Waals surface area (Å²) in [5.74, 6) is 1.85. The number of alkyl halides is 1. The Hall–Kier alpha value is -1.03. The second-order valence-electron chi connectivity index (χ2n) is 6.53. The van der Waals surface area contributed by atoms with Crippen molar-refractivity contribution in [3.05, 3.63) is 22.7 Å². The van der Waals surface area contributed by atoms with E-state index in [0.29, 0.717) is 17.6 Å². The van der Waals surface area contributed by atoms with Gasteiger partial charge in [-0.05, 0) is 46.0 Å². The molecule has 2 heterocycles. The molecule has 0 radical (unpaired) electrons. The largest absolute Gasteiger partial charge is 0.352 e. The van der Waals surface area contributed by atoms with E-state index < -0.39 is 0 Å². The Kier molecular flexibility index (Phi) is 4.74. The lowest BCUT2D eigenvalue weighted by Gasteiger charge is -2.33. The minimum absolute atomic E-state index is 0.00604. The summed E-state index contributed by atoms with van der Waals surface area (Å²) < 4.78 is 1.76. The van der Waals surface area contributed by atoms with Gasteiger partial charge in [-0.1, -0.05) is 0 Å². The van der Waals surface area contributed by atoms with Crippen LogP contribution >= 0.6 is 11.6 Å². The zero-order valence-corrected chi connectivity index (χ0v) is 13.4. The average molecular weight is 298 g/mol. The Morgan fingerprint density at radius 3 is 2.85 bits per heavy atom. The molecule has 1 fully saturated rings. The highest BCUT2D eigenvalue weighted by Gasteiger charge is 2.24. The van der Waals surface area contributed by atoms with Crippen molar-refractivity contribution in [1.29, 1.82) is 0 Å². The molecule has 1 aliphatic heterocycles. The molecule has 1 aromatic rings. The molecule has 4 nitrogen and oxygen atoms in total. The van der Waals surface area contributed by atoms with Crippen LogP contribution in [0, 0.1) is 5.92 Å². The Balaban J connectivity index is 2.27. The molecule has 0 aliphatic carbocycles. The number of anilines is 1. The second-order valence-corrected chi connectivity index (χ2v) is 6.91. The predicted molar refractivity (Wildman–Crippen MR) is 83.8 cm³/mol. The molecule has 1 aromatic heterocycles. The van der Waals surface area contributed by atoms with Crippen molar-refractivity contribution < 1.29 is 0 Å². The van der Waals surface area contributed by atoms with E-state index in [1.54, 1.807) is 17.0 Å². The predicted octanol–water partition coefficient (Wildman–Crippen LogP) is 2.84. The van der Waals surface area contributed by atoms with Crippen LogP contribution in [0.25, 0.3) is 0 Å². The second kappa shape index (κ2) is 6.17. The fourth-order valence-corrected chi connectivity index (χ4v) is 3.10. The molecule has 1 atom stereocenters. The molecule has 1 saturated heterocycles. The van der Waals surface area contributed by atoms with Crippen molar-refractivity contribution in [2.24, 2.45) is 5.92 Å². The summed E-state index contributed by atoms with van der Waals surface area (Å²) in [5, 5.41) is 0. The van der Waals surface area contributed by atoms with E-state index in [2.05, 4.69) is 9.88 Å². The van der Waals surface area contributed by atoms with E-state index in [-0.39, 0.29) is 11.1 Å². The molecule has 5 heteroatoms. The van der Waals surface area contributed by atoms with Gasteiger partial charge < -0.3 is 9.47 Å². The van der Waals surface area contributed by atoms with E-state index in [4.69, 9.17) is 11.6 Å². The number of hydrogen-bond acceptors (Lipinski definition) is 3. The van der Waals surface area contributed by atoms with Crippen LogP contribution in [0.2, 0.25) is 0 Å². The van der Waals surface area contributed by atoms with Crippen LogP contribution in [0.5, 0.6) is 0 Å². The minimum Gasteiger partial charge on any atom is -0.352 e. The maximum atomic E-state index is 12.6. The van der Waals surface area contributed by atoms with Crippen molar-refractivity contribution in [2.75, 3.05) is 23.9 Å². The zero-order chi connectivity index (χ0) is 14.8. The van der Waals surface area contributed by atoms with E-state index >= 15 is 0 Å². The summed E-state index contributed by atoms with van der Waals surface area (Å²) in [5.41, 5.74) is -0.216. The monoisotopic (exact) mass is 297 g/mol. The summed E-state index contributed by atoms with van der Waals surface area (Å²) in [6, 6.07) is 0. The van der Waals surface area contributed by atoms with Crippen LogP contribution in [0.1, 0.15) is 40.0 Å². The standard InChI is InChI=1S/C15H24ClN3O/c1-15(2,3)19-10-8-17-13(14(19)20)18-9-4-5-12(11-18)6-7-16/h8,10,12H,4-7,9,11H2,1-3H3. The lowest BCUT2D eigenvalue weighted by atomic mass is 9.95. The number of rotatable bonds is 3. The molecule has 0 amide bonds. The molecule has 20 heavy (non-hydrogen) atoms. The number of aromatic nitrogens is 2. The number of piperidine rings is 1. The van der Waals surface area contributed by atoms with Crippen LogP contribution in [-0.2, 0) is 5.54 Å². The fraction of sp³-hybridized carbons (Fsp3) is 0.733. The molecule has 0 saturated carbocycles. The summed E-state index contributed by atoms with van der Waals surface area (Å²) in [6.45, 7) is 7.90. The Morgan fingerprint density at radius 2 is 2.20 bits per heavy atom. The van der Waals surface area contributed by atoms with Crippen LogP contribution in [0.15, 0.2) is 17.2 Å².